The quantitative estimate of drug-likeness (QED) is 0.511. The maximum atomic E-state index is 13.1. The highest BCUT2D eigenvalue weighted by Crippen LogP contribution is 2.38. The van der Waals surface area contributed by atoms with Crippen molar-refractivity contribution in [1.82, 2.24) is 9.80 Å². The Kier molecular flexibility index (Phi) is 8.62. The second kappa shape index (κ2) is 10.5. The summed E-state index contributed by atoms with van der Waals surface area (Å²) < 4.78 is 17.8. The number of ether oxygens (including phenoxy) is 2. The fraction of sp³-hybridized carbons (Fsp3) is 0.680. The zero-order valence-corrected chi connectivity index (χ0v) is 22.8. The van der Waals surface area contributed by atoms with Crippen LogP contribution in [0, 0.1) is 0 Å². The van der Waals surface area contributed by atoms with E-state index in [4.69, 9.17) is 13.9 Å². The Labute approximate surface area is 200 Å². The van der Waals surface area contributed by atoms with Crippen LogP contribution in [0.15, 0.2) is 30.3 Å². The summed E-state index contributed by atoms with van der Waals surface area (Å²) in [5.74, 6) is 0. The molecule has 0 bridgehead atoms. The van der Waals surface area contributed by atoms with Crippen LogP contribution < -0.4 is 0 Å². The van der Waals surface area contributed by atoms with Crippen molar-refractivity contribution in [3.8, 4) is 0 Å². The van der Waals surface area contributed by atoms with Crippen molar-refractivity contribution in [2.45, 2.75) is 91.0 Å². The SMILES string of the molecule is CC(O[Si](C)(C)C(C)(C)C)[C@H]1CN(C(=O)OC(C)(C)C)CCN1C(=O)OCc1ccccc1. The molecule has 1 aromatic carbocycles. The third-order valence-electron chi connectivity index (χ3n) is 6.34. The highest BCUT2D eigenvalue weighted by atomic mass is 28.4. The fourth-order valence-electron chi connectivity index (χ4n) is 3.45. The van der Waals surface area contributed by atoms with E-state index < -0.39 is 20.0 Å². The van der Waals surface area contributed by atoms with Gasteiger partial charge in [-0.15, -0.1) is 0 Å². The smallest absolute Gasteiger partial charge is 0.410 e. The summed E-state index contributed by atoms with van der Waals surface area (Å²) in [4.78, 5) is 29.2. The van der Waals surface area contributed by atoms with E-state index in [0.717, 1.165) is 5.56 Å². The Balaban J connectivity index is 2.18. The first-order chi connectivity index (χ1) is 15.1. The minimum absolute atomic E-state index is 0.0272. The summed E-state index contributed by atoms with van der Waals surface area (Å²) >= 11 is 0. The van der Waals surface area contributed by atoms with E-state index in [1.54, 1.807) is 9.80 Å². The molecule has 1 unspecified atom stereocenters. The Morgan fingerprint density at radius 2 is 1.64 bits per heavy atom. The van der Waals surface area contributed by atoms with E-state index in [9.17, 15) is 9.59 Å². The van der Waals surface area contributed by atoms with Gasteiger partial charge >= 0.3 is 12.2 Å². The van der Waals surface area contributed by atoms with Gasteiger partial charge in [0.1, 0.15) is 12.2 Å². The minimum Gasteiger partial charge on any atom is -0.445 e. The first-order valence-electron chi connectivity index (χ1n) is 11.7. The van der Waals surface area contributed by atoms with Gasteiger partial charge in [-0.3, -0.25) is 4.90 Å². The van der Waals surface area contributed by atoms with Gasteiger partial charge in [0.05, 0.1) is 12.1 Å². The molecule has 0 spiro atoms. The van der Waals surface area contributed by atoms with Crippen LogP contribution in [0.4, 0.5) is 9.59 Å². The number of carbonyl (C=O) groups excluding carboxylic acids is 2. The molecule has 0 aromatic heterocycles. The Morgan fingerprint density at radius 3 is 2.18 bits per heavy atom. The van der Waals surface area contributed by atoms with Crippen LogP contribution in [0.3, 0.4) is 0 Å². The molecular formula is C25H42N2O5Si. The van der Waals surface area contributed by atoms with Crippen LogP contribution in [0.5, 0.6) is 0 Å². The second-order valence-electron chi connectivity index (χ2n) is 11.3. The number of rotatable bonds is 5. The molecule has 0 aliphatic carbocycles. The van der Waals surface area contributed by atoms with Crippen molar-refractivity contribution < 1.29 is 23.5 Å². The van der Waals surface area contributed by atoms with Crippen molar-refractivity contribution in [1.29, 1.82) is 0 Å². The number of nitrogens with zero attached hydrogens (tertiary/aromatic N) is 2. The molecule has 0 radical (unpaired) electrons. The third kappa shape index (κ3) is 7.74. The average molecular weight is 479 g/mol. The van der Waals surface area contributed by atoms with E-state index in [1.807, 2.05) is 58.0 Å². The van der Waals surface area contributed by atoms with Crippen molar-refractivity contribution >= 4 is 20.5 Å². The molecule has 1 aromatic rings. The predicted octanol–water partition coefficient (Wildman–Crippen LogP) is 5.65. The van der Waals surface area contributed by atoms with Crippen LogP contribution in [0.25, 0.3) is 0 Å². The van der Waals surface area contributed by atoms with Crippen LogP contribution in [0.1, 0.15) is 54.0 Å². The first kappa shape index (κ1) is 27.2. The van der Waals surface area contributed by atoms with Gasteiger partial charge in [-0.05, 0) is 51.4 Å². The highest BCUT2D eigenvalue weighted by Gasteiger charge is 2.43. The van der Waals surface area contributed by atoms with Crippen LogP contribution in [-0.4, -0.2) is 67.7 Å². The number of carbonyl (C=O) groups is 2. The summed E-state index contributed by atoms with van der Waals surface area (Å²) in [5.41, 5.74) is 0.349. The molecule has 33 heavy (non-hydrogen) atoms. The third-order valence-corrected chi connectivity index (χ3v) is 10.9. The average Bonchev–Trinajstić information content (AvgIpc) is 2.70. The lowest BCUT2D eigenvalue weighted by molar-refractivity contribution is -0.0189. The number of hydrogen-bond donors (Lipinski definition) is 0. The molecule has 7 nitrogen and oxygen atoms in total. The number of piperazine rings is 1. The molecule has 1 fully saturated rings. The minimum atomic E-state index is -2.09. The largest absolute Gasteiger partial charge is 0.445 e. The molecule has 2 atom stereocenters. The van der Waals surface area contributed by atoms with E-state index in [-0.39, 0.29) is 29.9 Å². The lowest BCUT2D eigenvalue weighted by atomic mass is 10.1. The molecule has 2 amide bonds. The molecular weight excluding hydrogens is 436 g/mol. The van der Waals surface area contributed by atoms with Crippen LogP contribution in [0.2, 0.25) is 18.1 Å². The van der Waals surface area contributed by atoms with Gasteiger partial charge in [0.25, 0.3) is 0 Å². The Morgan fingerprint density at radius 1 is 1.03 bits per heavy atom. The number of hydrogen-bond acceptors (Lipinski definition) is 5. The summed E-state index contributed by atoms with van der Waals surface area (Å²) in [5, 5.41) is 0.0272. The Hall–Kier alpha value is -2.06. The maximum absolute atomic E-state index is 13.1. The standard InChI is InChI=1S/C25H42N2O5Si/c1-19(32-33(8,9)25(5,6)7)21-17-26(22(28)31-24(2,3)4)15-16-27(21)23(29)30-18-20-13-11-10-12-14-20/h10-14,19,21H,15-18H2,1-9H3/t19?,21-/m1/s1. The van der Waals surface area contributed by atoms with Gasteiger partial charge in [0.2, 0.25) is 0 Å². The number of benzene rings is 1. The van der Waals surface area contributed by atoms with Crippen molar-refractivity contribution in [2.24, 2.45) is 0 Å². The van der Waals surface area contributed by atoms with Crippen LogP contribution in [-0.2, 0) is 20.5 Å². The van der Waals surface area contributed by atoms with E-state index in [1.165, 1.54) is 0 Å². The van der Waals surface area contributed by atoms with E-state index in [0.29, 0.717) is 19.6 Å². The topological polar surface area (TPSA) is 68.3 Å². The molecule has 1 heterocycles. The molecule has 2 rings (SSSR count). The van der Waals surface area contributed by atoms with Gasteiger partial charge in [-0.2, -0.15) is 0 Å². The summed E-state index contributed by atoms with van der Waals surface area (Å²) in [6.07, 6.45) is -1.02. The molecule has 186 valence electrons. The first-order valence-corrected chi connectivity index (χ1v) is 14.6. The lowest BCUT2D eigenvalue weighted by Gasteiger charge is -2.46. The normalized spacial score (nSPS) is 18.6. The summed E-state index contributed by atoms with van der Waals surface area (Å²) in [7, 11) is -2.09. The molecule has 1 aliphatic heterocycles. The van der Waals surface area contributed by atoms with Gasteiger partial charge in [-0.1, -0.05) is 51.1 Å². The predicted molar refractivity (Wildman–Crippen MR) is 133 cm³/mol. The second-order valence-corrected chi connectivity index (χ2v) is 16.1. The fourth-order valence-corrected chi connectivity index (χ4v) is 4.89. The van der Waals surface area contributed by atoms with Crippen molar-refractivity contribution in [3.05, 3.63) is 35.9 Å². The van der Waals surface area contributed by atoms with E-state index >= 15 is 0 Å². The van der Waals surface area contributed by atoms with Gasteiger partial charge in [0.15, 0.2) is 8.32 Å². The number of amides is 2. The highest BCUT2D eigenvalue weighted by molar-refractivity contribution is 6.74. The van der Waals surface area contributed by atoms with Crippen molar-refractivity contribution in [2.75, 3.05) is 19.6 Å². The molecule has 0 saturated carbocycles. The molecule has 0 N–H and O–H groups in total. The maximum Gasteiger partial charge on any atom is 0.410 e. The van der Waals surface area contributed by atoms with Gasteiger partial charge < -0.3 is 18.8 Å². The molecule has 8 heteroatoms. The van der Waals surface area contributed by atoms with Crippen LogP contribution >= 0.6 is 0 Å². The van der Waals surface area contributed by atoms with E-state index in [2.05, 4.69) is 33.9 Å². The summed E-state index contributed by atoms with van der Waals surface area (Å²) in [6, 6.07) is 9.28. The molecule has 1 saturated heterocycles. The monoisotopic (exact) mass is 478 g/mol. The van der Waals surface area contributed by atoms with Gasteiger partial charge in [0, 0.05) is 19.6 Å². The molecule has 1 aliphatic rings. The zero-order valence-electron chi connectivity index (χ0n) is 21.8. The van der Waals surface area contributed by atoms with Gasteiger partial charge in [-0.25, -0.2) is 9.59 Å². The lowest BCUT2D eigenvalue weighted by Crippen LogP contribution is -2.62. The Bertz CT molecular complexity index is 801. The summed E-state index contributed by atoms with van der Waals surface area (Å²) in [6.45, 7) is 19.8. The van der Waals surface area contributed by atoms with Crippen molar-refractivity contribution in [3.63, 3.8) is 0 Å². The zero-order chi connectivity index (χ0) is 25.0.